The van der Waals surface area contributed by atoms with E-state index in [9.17, 15) is 9.90 Å². The van der Waals surface area contributed by atoms with Crippen LogP contribution in [0, 0.1) is 6.92 Å². The number of carboxylic acids is 1. The molecule has 0 spiro atoms. The van der Waals surface area contributed by atoms with Gasteiger partial charge < -0.3 is 19.0 Å². The number of rotatable bonds is 4. The van der Waals surface area contributed by atoms with Crippen molar-refractivity contribution in [2.24, 2.45) is 4.99 Å². The number of hydrogen-bond donors (Lipinski definition) is 1. The van der Waals surface area contributed by atoms with E-state index in [0.717, 1.165) is 5.69 Å². The van der Waals surface area contributed by atoms with Crippen LogP contribution in [0.3, 0.4) is 0 Å². The Labute approximate surface area is 149 Å². The zero-order valence-electron chi connectivity index (χ0n) is 13.9. The minimum Gasteiger partial charge on any atom is -0.478 e. The van der Waals surface area contributed by atoms with Crippen LogP contribution in [0.15, 0.2) is 57.9 Å². The molecular formula is C20H15NO5. The lowest BCUT2D eigenvalue weighted by Crippen LogP contribution is -1.99. The minimum atomic E-state index is -0.958. The number of furan rings is 1. The molecule has 1 aromatic heterocycles. The van der Waals surface area contributed by atoms with E-state index in [2.05, 4.69) is 4.99 Å². The van der Waals surface area contributed by atoms with Crippen molar-refractivity contribution < 1.29 is 23.8 Å². The number of hydrogen-bond acceptors (Lipinski definition) is 5. The van der Waals surface area contributed by atoms with Crippen molar-refractivity contribution in [2.45, 2.75) is 6.92 Å². The van der Waals surface area contributed by atoms with Crippen molar-refractivity contribution in [3.63, 3.8) is 0 Å². The largest absolute Gasteiger partial charge is 0.478 e. The van der Waals surface area contributed by atoms with E-state index >= 15 is 0 Å². The molecule has 6 heteroatoms. The van der Waals surface area contributed by atoms with Crippen LogP contribution < -0.4 is 9.47 Å². The van der Waals surface area contributed by atoms with Crippen molar-refractivity contribution >= 4 is 17.9 Å². The van der Waals surface area contributed by atoms with Crippen LogP contribution in [0.25, 0.3) is 11.3 Å². The average molecular weight is 349 g/mol. The lowest BCUT2D eigenvalue weighted by molar-refractivity contribution is 0.0696. The molecule has 0 bridgehead atoms. The van der Waals surface area contributed by atoms with Gasteiger partial charge in [0.05, 0.1) is 17.5 Å². The van der Waals surface area contributed by atoms with Crippen molar-refractivity contribution in [2.75, 3.05) is 6.79 Å². The first-order valence-corrected chi connectivity index (χ1v) is 7.98. The highest BCUT2D eigenvalue weighted by atomic mass is 16.7. The summed E-state index contributed by atoms with van der Waals surface area (Å²) in [4.78, 5) is 15.7. The predicted octanol–water partition coefficient (Wildman–Crippen LogP) is 4.43. The van der Waals surface area contributed by atoms with E-state index in [1.165, 1.54) is 0 Å². The Bertz CT molecular complexity index is 1020. The molecule has 1 aliphatic rings. The number of ether oxygens (including phenoxy) is 2. The maximum atomic E-state index is 11.3. The van der Waals surface area contributed by atoms with Crippen LogP contribution >= 0.6 is 0 Å². The molecule has 4 rings (SSSR count). The zero-order valence-corrected chi connectivity index (χ0v) is 13.9. The Morgan fingerprint density at radius 3 is 2.77 bits per heavy atom. The molecule has 0 amide bonds. The van der Waals surface area contributed by atoms with Gasteiger partial charge in [-0.1, -0.05) is 12.1 Å². The third-order valence-corrected chi connectivity index (χ3v) is 4.08. The van der Waals surface area contributed by atoms with Gasteiger partial charge in [0.1, 0.15) is 11.5 Å². The third kappa shape index (κ3) is 3.04. The van der Waals surface area contributed by atoms with Crippen LogP contribution in [0.1, 0.15) is 21.7 Å². The van der Waals surface area contributed by atoms with E-state index in [-0.39, 0.29) is 12.4 Å². The van der Waals surface area contributed by atoms with Gasteiger partial charge in [0.2, 0.25) is 6.79 Å². The zero-order chi connectivity index (χ0) is 18.1. The summed E-state index contributed by atoms with van der Waals surface area (Å²) in [5.74, 6) is 1.56. The summed E-state index contributed by atoms with van der Waals surface area (Å²) in [6.45, 7) is 1.98. The Balaban J connectivity index is 1.57. The molecular weight excluding hydrogens is 334 g/mol. The molecule has 0 aliphatic carbocycles. The van der Waals surface area contributed by atoms with Gasteiger partial charge in [0.25, 0.3) is 0 Å². The standard InChI is InChI=1S/C20H15NO5/c1-12-2-3-13(8-16(12)20(22)23)17-7-5-15(26-17)10-21-14-4-6-18-19(9-14)25-11-24-18/h2-10H,11H2,1H3,(H,22,23). The first kappa shape index (κ1) is 16.0. The number of aliphatic imine (C=N–C) groups is 1. The highest BCUT2D eigenvalue weighted by Crippen LogP contribution is 2.35. The van der Waals surface area contributed by atoms with Gasteiger partial charge in [-0.3, -0.25) is 4.99 Å². The molecule has 2 aromatic carbocycles. The van der Waals surface area contributed by atoms with Crippen LogP contribution in [-0.2, 0) is 0 Å². The van der Waals surface area contributed by atoms with E-state index in [1.54, 1.807) is 43.5 Å². The summed E-state index contributed by atoms with van der Waals surface area (Å²) in [5.41, 5.74) is 2.39. The van der Waals surface area contributed by atoms with Crippen LogP contribution in [0.5, 0.6) is 11.5 Å². The summed E-state index contributed by atoms with van der Waals surface area (Å²) >= 11 is 0. The monoisotopic (exact) mass is 349 g/mol. The quantitative estimate of drug-likeness (QED) is 0.705. The topological polar surface area (TPSA) is 81.3 Å². The van der Waals surface area contributed by atoms with Gasteiger partial charge in [-0.25, -0.2) is 4.79 Å². The first-order chi connectivity index (χ1) is 12.6. The smallest absolute Gasteiger partial charge is 0.335 e. The molecule has 2 heterocycles. The second-order valence-corrected chi connectivity index (χ2v) is 5.83. The molecule has 1 N–H and O–H groups in total. The molecule has 0 fully saturated rings. The fourth-order valence-electron chi connectivity index (χ4n) is 2.69. The normalized spacial score (nSPS) is 12.7. The number of nitrogens with zero attached hydrogens (tertiary/aromatic N) is 1. The second kappa shape index (κ2) is 6.40. The Morgan fingerprint density at radius 2 is 1.92 bits per heavy atom. The summed E-state index contributed by atoms with van der Waals surface area (Å²) in [6, 6.07) is 14.2. The van der Waals surface area contributed by atoms with Gasteiger partial charge in [0.15, 0.2) is 11.5 Å². The average Bonchev–Trinajstić information content (AvgIpc) is 3.29. The van der Waals surface area contributed by atoms with Gasteiger partial charge in [-0.2, -0.15) is 0 Å². The summed E-state index contributed by atoms with van der Waals surface area (Å²) < 4.78 is 16.4. The van der Waals surface area contributed by atoms with Crippen molar-refractivity contribution in [3.8, 4) is 22.8 Å². The molecule has 0 saturated heterocycles. The van der Waals surface area contributed by atoms with E-state index < -0.39 is 5.97 Å². The minimum absolute atomic E-state index is 0.221. The number of carbonyl (C=O) groups is 1. The maximum absolute atomic E-state index is 11.3. The third-order valence-electron chi connectivity index (χ3n) is 4.08. The predicted molar refractivity (Wildman–Crippen MR) is 95.7 cm³/mol. The molecule has 0 atom stereocenters. The highest BCUT2D eigenvalue weighted by molar-refractivity contribution is 5.91. The Hall–Kier alpha value is -3.54. The SMILES string of the molecule is Cc1ccc(-c2ccc(C=Nc3ccc4c(c3)OCO4)o2)cc1C(=O)O. The molecule has 0 radical (unpaired) electrons. The first-order valence-electron chi connectivity index (χ1n) is 7.98. The van der Waals surface area contributed by atoms with E-state index in [1.807, 2.05) is 18.2 Å². The number of benzene rings is 2. The van der Waals surface area contributed by atoms with Gasteiger partial charge >= 0.3 is 5.97 Å². The van der Waals surface area contributed by atoms with Gasteiger partial charge in [0, 0.05) is 11.6 Å². The van der Waals surface area contributed by atoms with E-state index in [0.29, 0.717) is 34.1 Å². The Morgan fingerprint density at radius 1 is 1.08 bits per heavy atom. The van der Waals surface area contributed by atoms with Gasteiger partial charge in [-0.15, -0.1) is 0 Å². The number of carboxylic acid groups (broad SMARTS) is 1. The highest BCUT2D eigenvalue weighted by Gasteiger charge is 2.13. The lowest BCUT2D eigenvalue weighted by atomic mass is 10.0. The van der Waals surface area contributed by atoms with Crippen LogP contribution in [-0.4, -0.2) is 24.1 Å². The molecule has 0 saturated carbocycles. The maximum Gasteiger partial charge on any atom is 0.335 e. The van der Waals surface area contributed by atoms with E-state index in [4.69, 9.17) is 13.9 Å². The van der Waals surface area contributed by atoms with Crippen molar-refractivity contribution in [3.05, 3.63) is 65.4 Å². The molecule has 130 valence electrons. The fourth-order valence-corrected chi connectivity index (χ4v) is 2.69. The number of fused-ring (bicyclic) bond motifs is 1. The molecule has 6 nitrogen and oxygen atoms in total. The summed E-state index contributed by atoms with van der Waals surface area (Å²) in [5, 5.41) is 9.25. The molecule has 3 aromatic rings. The van der Waals surface area contributed by atoms with Crippen LogP contribution in [0.2, 0.25) is 0 Å². The Kier molecular flexibility index (Phi) is 3.93. The van der Waals surface area contributed by atoms with Crippen LogP contribution in [0.4, 0.5) is 5.69 Å². The summed E-state index contributed by atoms with van der Waals surface area (Å²) in [7, 11) is 0. The van der Waals surface area contributed by atoms with Crippen molar-refractivity contribution in [1.82, 2.24) is 0 Å². The molecule has 26 heavy (non-hydrogen) atoms. The lowest BCUT2D eigenvalue weighted by Gasteiger charge is -2.03. The summed E-state index contributed by atoms with van der Waals surface area (Å²) in [6.07, 6.45) is 1.60. The molecule has 0 unspecified atom stereocenters. The number of aryl methyl sites for hydroxylation is 1. The fraction of sp³-hybridized carbons (Fsp3) is 0.100. The molecule has 1 aliphatic heterocycles. The second-order valence-electron chi connectivity index (χ2n) is 5.83. The van der Waals surface area contributed by atoms with Gasteiger partial charge in [-0.05, 0) is 42.8 Å². The number of aromatic carboxylic acids is 1. The van der Waals surface area contributed by atoms with Crippen molar-refractivity contribution in [1.29, 1.82) is 0 Å².